The second kappa shape index (κ2) is 5.93. The summed E-state index contributed by atoms with van der Waals surface area (Å²) in [5.74, 6) is 0.695. The van der Waals surface area contributed by atoms with Gasteiger partial charge in [0.1, 0.15) is 10.6 Å². The van der Waals surface area contributed by atoms with Crippen molar-refractivity contribution in [2.75, 3.05) is 5.33 Å². The highest BCUT2D eigenvalue weighted by Crippen LogP contribution is 2.28. The fourth-order valence-electron chi connectivity index (χ4n) is 2.66. The molecule has 1 saturated carbocycles. The van der Waals surface area contributed by atoms with E-state index in [-0.39, 0.29) is 10.9 Å². The number of halogens is 1. The lowest BCUT2D eigenvalue weighted by Gasteiger charge is -2.30. The summed E-state index contributed by atoms with van der Waals surface area (Å²) in [4.78, 5) is 0.186. The fraction of sp³-hybridized carbons (Fsp3) is 0.750. The molecule has 108 valence electrons. The van der Waals surface area contributed by atoms with E-state index < -0.39 is 10.0 Å². The van der Waals surface area contributed by atoms with E-state index in [4.69, 9.17) is 4.52 Å². The van der Waals surface area contributed by atoms with Gasteiger partial charge in [-0.25, -0.2) is 13.1 Å². The highest BCUT2D eigenvalue weighted by Gasteiger charge is 2.31. The molecule has 0 aromatic carbocycles. The molecule has 2 unspecified atom stereocenters. The van der Waals surface area contributed by atoms with Crippen molar-refractivity contribution < 1.29 is 12.9 Å². The average Bonchev–Trinajstić information content (AvgIpc) is 2.70. The Morgan fingerprint density at radius 2 is 2.05 bits per heavy atom. The lowest BCUT2D eigenvalue weighted by Crippen LogP contribution is -2.42. The van der Waals surface area contributed by atoms with E-state index in [9.17, 15) is 8.42 Å². The molecule has 0 saturated heterocycles. The number of hydrogen-bond donors (Lipinski definition) is 1. The van der Waals surface area contributed by atoms with Crippen molar-refractivity contribution in [2.24, 2.45) is 5.92 Å². The molecule has 0 bridgehead atoms. The van der Waals surface area contributed by atoms with Gasteiger partial charge < -0.3 is 4.52 Å². The zero-order chi connectivity index (χ0) is 14.0. The SMILES string of the molecule is Cc1noc(C)c1S(=O)(=O)NC1CCCCC1CBr. The molecule has 2 rings (SSSR count). The normalized spacial score (nSPS) is 24.6. The Hall–Kier alpha value is -0.400. The number of nitrogens with zero attached hydrogens (tertiary/aromatic N) is 1. The molecule has 5 nitrogen and oxygen atoms in total. The van der Waals surface area contributed by atoms with Crippen molar-refractivity contribution >= 4 is 26.0 Å². The van der Waals surface area contributed by atoms with Crippen molar-refractivity contribution in [1.29, 1.82) is 0 Å². The third-order valence-electron chi connectivity index (χ3n) is 3.65. The van der Waals surface area contributed by atoms with Crippen LogP contribution in [0.1, 0.15) is 37.1 Å². The fourth-order valence-corrected chi connectivity index (χ4v) is 5.11. The number of rotatable bonds is 4. The summed E-state index contributed by atoms with van der Waals surface area (Å²) in [6, 6.07) is -0.00757. The molecule has 2 atom stereocenters. The van der Waals surface area contributed by atoms with Gasteiger partial charge in [0.05, 0.1) is 0 Å². The number of hydrogen-bond acceptors (Lipinski definition) is 4. The van der Waals surface area contributed by atoms with Crippen LogP contribution < -0.4 is 4.72 Å². The topological polar surface area (TPSA) is 72.2 Å². The van der Waals surface area contributed by atoms with Crippen LogP contribution in [-0.4, -0.2) is 24.9 Å². The van der Waals surface area contributed by atoms with E-state index in [1.54, 1.807) is 13.8 Å². The van der Waals surface area contributed by atoms with Crippen molar-refractivity contribution in [1.82, 2.24) is 9.88 Å². The second-order valence-corrected chi connectivity index (χ2v) is 7.38. The minimum atomic E-state index is -3.55. The monoisotopic (exact) mass is 350 g/mol. The Morgan fingerprint density at radius 1 is 1.37 bits per heavy atom. The molecule has 1 aromatic rings. The Morgan fingerprint density at radius 3 is 2.63 bits per heavy atom. The molecule has 1 fully saturated rings. The zero-order valence-electron chi connectivity index (χ0n) is 11.1. The highest BCUT2D eigenvalue weighted by atomic mass is 79.9. The third-order valence-corrected chi connectivity index (χ3v) is 6.22. The van der Waals surface area contributed by atoms with Crippen molar-refractivity contribution in [3.63, 3.8) is 0 Å². The summed E-state index contributed by atoms with van der Waals surface area (Å²) < 4.78 is 32.6. The molecule has 1 aromatic heterocycles. The summed E-state index contributed by atoms with van der Waals surface area (Å²) in [6.45, 7) is 3.27. The summed E-state index contributed by atoms with van der Waals surface area (Å²) in [5, 5.41) is 4.53. The Balaban J connectivity index is 2.21. The van der Waals surface area contributed by atoms with Crippen LogP contribution in [0.2, 0.25) is 0 Å². The van der Waals surface area contributed by atoms with Crippen LogP contribution >= 0.6 is 15.9 Å². The Labute approximate surface area is 122 Å². The predicted molar refractivity (Wildman–Crippen MR) is 75.8 cm³/mol. The van der Waals surface area contributed by atoms with Gasteiger partial charge in [0.2, 0.25) is 10.0 Å². The first kappa shape index (κ1) is 15.0. The number of alkyl halides is 1. The molecule has 0 aliphatic heterocycles. The van der Waals surface area contributed by atoms with Crippen LogP contribution in [0.5, 0.6) is 0 Å². The number of nitrogens with one attached hydrogen (secondary N) is 1. The van der Waals surface area contributed by atoms with Gasteiger partial charge in [-0.15, -0.1) is 0 Å². The number of aryl methyl sites for hydroxylation is 2. The van der Waals surface area contributed by atoms with Crippen molar-refractivity contribution in [2.45, 2.75) is 50.5 Å². The largest absolute Gasteiger partial charge is 0.360 e. The summed E-state index contributed by atoms with van der Waals surface area (Å²) in [7, 11) is -3.55. The lowest BCUT2D eigenvalue weighted by molar-refractivity contribution is 0.316. The van der Waals surface area contributed by atoms with Crippen molar-refractivity contribution in [3.05, 3.63) is 11.5 Å². The minimum Gasteiger partial charge on any atom is -0.360 e. The highest BCUT2D eigenvalue weighted by molar-refractivity contribution is 9.09. The summed E-state index contributed by atoms with van der Waals surface area (Å²) in [6.07, 6.45) is 4.18. The molecule has 0 spiro atoms. The van der Waals surface area contributed by atoms with Gasteiger partial charge in [-0.2, -0.15) is 0 Å². The molecule has 0 amide bonds. The molecule has 0 radical (unpaired) electrons. The molecular weight excluding hydrogens is 332 g/mol. The summed E-state index contributed by atoms with van der Waals surface area (Å²) >= 11 is 3.47. The second-order valence-electron chi connectivity index (χ2n) is 5.08. The van der Waals surface area contributed by atoms with Crippen LogP contribution in [0, 0.1) is 19.8 Å². The third kappa shape index (κ3) is 3.20. The van der Waals surface area contributed by atoms with E-state index >= 15 is 0 Å². The summed E-state index contributed by atoms with van der Waals surface area (Å²) in [5.41, 5.74) is 0.413. The first-order valence-corrected chi connectivity index (χ1v) is 9.07. The van der Waals surface area contributed by atoms with E-state index in [0.29, 0.717) is 17.4 Å². The maximum atomic E-state index is 12.4. The minimum absolute atomic E-state index is 0.00757. The van der Waals surface area contributed by atoms with Gasteiger partial charge in [-0.05, 0) is 32.6 Å². The Kier molecular flexibility index (Phi) is 4.68. The molecule has 19 heavy (non-hydrogen) atoms. The molecular formula is C12H19BrN2O3S. The zero-order valence-corrected chi connectivity index (χ0v) is 13.6. The van der Waals surface area contributed by atoms with Gasteiger partial charge in [0.25, 0.3) is 0 Å². The van der Waals surface area contributed by atoms with Crippen LogP contribution in [0.4, 0.5) is 0 Å². The van der Waals surface area contributed by atoms with Gasteiger partial charge in [0.15, 0.2) is 5.76 Å². The standard InChI is InChI=1S/C12H19BrN2O3S/c1-8-12(9(2)18-14-8)19(16,17)15-11-6-4-3-5-10(11)7-13/h10-11,15H,3-7H2,1-2H3. The smallest absolute Gasteiger partial charge is 0.246 e. The molecule has 7 heteroatoms. The van der Waals surface area contributed by atoms with Crippen LogP contribution in [0.15, 0.2) is 9.42 Å². The Bertz CT molecular complexity index is 522. The van der Waals surface area contributed by atoms with Gasteiger partial charge in [-0.1, -0.05) is 33.9 Å². The van der Waals surface area contributed by atoms with E-state index in [2.05, 4.69) is 25.8 Å². The molecule has 1 N–H and O–H groups in total. The first-order valence-electron chi connectivity index (χ1n) is 6.47. The van der Waals surface area contributed by atoms with Gasteiger partial charge in [-0.3, -0.25) is 0 Å². The van der Waals surface area contributed by atoms with Crippen molar-refractivity contribution in [3.8, 4) is 0 Å². The van der Waals surface area contributed by atoms with Crippen LogP contribution in [0.25, 0.3) is 0 Å². The van der Waals surface area contributed by atoms with E-state index in [1.807, 2.05) is 0 Å². The quantitative estimate of drug-likeness (QED) is 0.846. The molecule has 1 aliphatic rings. The lowest BCUT2D eigenvalue weighted by atomic mass is 9.87. The average molecular weight is 351 g/mol. The molecule has 1 aliphatic carbocycles. The first-order chi connectivity index (χ1) is 8.95. The van der Waals surface area contributed by atoms with E-state index in [1.165, 1.54) is 6.42 Å². The van der Waals surface area contributed by atoms with Crippen LogP contribution in [-0.2, 0) is 10.0 Å². The maximum absolute atomic E-state index is 12.4. The van der Waals surface area contributed by atoms with E-state index in [0.717, 1.165) is 24.6 Å². The maximum Gasteiger partial charge on any atom is 0.246 e. The number of sulfonamides is 1. The number of aromatic nitrogens is 1. The molecule has 1 heterocycles. The van der Waals surface area contributed by atoms with Gasteiger partial charge >= 0.3 is 0 Å². The van der Waals surface area contributed by atoms with Gasteiger partial charge in [0, 0.05) is 11.4 Å². The van der Waals surface area contributed by atoms with Crippen LogP contribution in [0.3, 0.4) is 0 Å². The predicted octanol–water partition coefficient (Wildman–Crippen LogP) is 2.52.